The van der Waals surface area contributed by atoms with E-state index in [2.05, 4.69) is 22.2 Å². The first-order valence-electron chi connectivity index (χ1n) is 9.93. The SMILES string of the molecule is CCCCC[C@@H](C)C(=O)Nc1ncc2c(n1)C[C@H](c1ccc(Cl)cc1)CC2=O. The number of hydrogen-bond acceptors (Lipinski definition) is 4. The summed E-state index contributed by atoms with van der Waals surface area (Å²) in [5.74, 6) is 0.202. The number of carbonyl (C=O) groups is 2. The standard InChI is InChI=1S/C22H26ClN3O2/c1-3-4-5-6-14(2)21(28)26-22-24-13-18-19(25-22)11-16(12-20(18)27)15-7-9-17(23)10-8-15/h7-10,13-14,16H,3-6,11-12H2,1-2H3,(H,24,25,26,28)/t14-,16+/m1/s1. The van der Waals surface area contributed by atoms with Gasteiger partial charge in [0.1, 0.15) is 0 Å². The lowest BCUT2D eigenvalue weighted by Crippen LogP contribution is -2.24. The first-order chi connectivity index (χ1) is 13.5. The van der Waals surface area contributed by atoms with E-state index in [9.17, 15) is 9.59 Å². The Labute approximate surface area is 170 Å². The topological polar surface area (TPSA) is 72.0 Å². The van der Waals surface area contributed by atoms with E-state index in [-0.39, 0.29) is 29.5 Å². The first kappa shape index (κ1) is 20.5. The molecule has 0 fully saturated rings. The number of Topliss-reactive ketones (excluding diaryl/α,β-unsaturated/α-hetero) is 1. The van der Waals surface area contributed by atoms with Gasteiger partial charge in [-0.1, -0.05) is 56.8 Å². The van der Waals surface area contributed by atoms with Crippen LogP contribution >= 0.6 is 11.6 Å². The second-order valence-corrected chi connectivity index (χ2v) is 7.96. The minimum atomic E-state index is -0.0883. The summed E-state index contributed by atoms with van der Waals surface area (Å²) in [4.78, 5) is 33.6. The number of nitrogens with one attached hydrogen (secondary N) is 1. The van der Waals surface area contributed by atoms with Crippen LogP contribution in [0.15, 0.2) is 30.5 Å². The van der Waals surface area contributed by atoms with Gasteiger partial charge >= 0.3 is 0 Å². The molecule has 2 aromatic rings. The number of carbonyl (C=O) groups excluding carboxylic acids is 2. The minimum Gasteiger partial charge on any atom is -0.294 e. The second-order valence-electron chi connectivity index (χ2n) is 7.52. The van der Waals surface area contributed by atoms with Gasteiger partial charge in [-0.25, -0.2) is 9.97 Å². The summed E-state index contributed by atoms with van der Waals surface area (Å²) in [6.45, 7) is 4.06. The molecule has 148 valence electrons. The van der Waals surface area contributed by atoms with Gasteiger partial charge in [-0.3, -0.25) is 14.9 Å². The highest BCUT2D eigenvalue weighted by atomic mass is 35.5. The van der Waals surface area contributed by atoms with Crippen LogP contribution in [0.1, 0.15) is 73.5 Å². The van der Waals surface area contributed by atoms with Crippen LogP contribution in [0, 0.1) is 5.92 Å². The largest absolute Gasteiger partial charge is 0.294 e. The van der Waals surface area contributed by atoms with Gasteiger partial charge in [0.05, 0.1) is 11.3 Å². The Morgan fingerprint density at radius 2 is 2.00 bits per heavy atom. The quantitative estimate of drug-likeness (QED) is 0.649. The van der Waals surface area contributed by atoms with E-state index in [0.29, 0.717) is 29.1 Å². The number of benzene rings is 1. The summed E-state index contributed by atoms with van der Waals surface area (Å²) in [6.07, 6.45) is 6.75. The van der Waals surface area contributed by atoms with E-state index in [4.69, 9.17) is 11.6 Å². The van der Waals surface area contributed by atoms with E-state index in [1.807, 2.05) is 31.2 Å². The molecule has 0 bridgehead atoms. The average Bonchev–Trinajstić information content (AvgIpc) is 2.68. The van der Waals surface area contributed by atoms with E-state index in [1.54, 1.807) is 6.20 Å². The maximum atomic E-state index is 12.5. The van der Waals surface area contributed by atoms with Crippen LogP contribution in [0.4, 0.5) is 5.95 Å². The zero-order valence-electron chi connectivity index (χ0n) is 16.4. The molecule has 6 heteroatoms. The van der Waals surface area contributed by atoms with E-state index in [0.717, 1.165) is 31.2 Å². The van der Waals surface area contributed by atoms with Gasteiger partial charge in [0.15, 0.2) is 5.78 Å². The number of aromatic nitrogens is 2. The molecule has 1 N–H and O–H groups in total. The van der Waals surface area contributed by atoms with Crippen molar-refractivity contribution < 1.29 is 9.59 Å². The molecule has 1 aromatic heterocycles. The Morgan fingerprint density at radius 1 is 1.25 bits per heavy atom. The molecule has 1 heterocycles. The van der Waals surface area contributed by atoms with Crippen LogP contribution in [0.25, 0.3) is 0 Å². The van der Waals surface area contributed by atoms with Crippen molar-refractivity contribution in [1.82, 2.24) is 9.97 Å². The highest BCUT2D eigenvalue weighted by Gasteiger charge is 2.28. The normalized spacial score (nSPS) is 17.1. The highest BCUT2D eigenvalue weighted by Crippen LogP contribution is 2.32. The number of rotatable bonds is 7. The number of anilines is 1. The molecule has 28 heavy (non-hydrogen) atoms. The number of fused-ring (bicyclic) bond motifs is 1. The molecule has 0 radical (unpaired) electrons. The summed E-state index contributed by atoms with van der Waals surface area (Å²) in [7, 11) is 0. The van der Waals surface area contributed by atoms with Crippen LogP contribution in [0.5, 0.6) is 0 Å². The van der Waals surface area contributed by atoms with Crippen molar-refractivity contribution in [3.63, 3.8) is 0 Å². The van der Waals surface area contributed by atoms with E-state index < -0.39 is 0 Å². The smallest absolute Gasteiger partial charge is 0.229 e. The number of hydrogen-bond donors (Lipinski definition) is 1. The minimum absolute atomic E-state index is 0.0343. The fourth-order valence-corrected chi connectivity index (χ4v) is 3.67. The molecule has 0 saturated carbocycles. The average molecular weight is 400 g/mol. The molecule has 0 spiro atoms. The number of unbranched alkanes of at least 4 members (excludes halogenated alkanes) is 2. The molecule has 1 aromatic carbocycles. The van der Waals surface area contributed by atoms with Crippen molar-refractivity contribution >= 4 is 29.2 Å². The number of nitrogens with zero attached hydrogens (tertiary/aromatic N) is 2. The molecule has 2 atom stereocenters. The van der Waals surface area contributed by atoms with Crippen molar-refractivity contribution in [3.05, 3.63) is 52.3 Å². The fraction of sp³-hybridized carbons (Fsp3) is 0.455. The predicted molar refractivity (Wildman–Crippen MR) is 111 cm³/mol. The Kier molecular flexibility index (Phi) is 6.79. The van der Waals surface area contributed by atoms with E-state index >= 15 is 0 Å². The van der Waals surface area contributed by atoms with Crippen LogP contribution in [0.3, 0.4) is 0 Å². The molecule has 1 aliphatic rings. The van der Waals surface area contributed by atoms with Gasteiger partial charge in [0.2, 0.25) is 11.9 Å². The summed E-state index contributed by atoms with van der Waals surface area (Å²) < 4.78 is 0. The van der Waals surface area contributed by atoms with Gasteiger partial charge in [0.25, 0.3) is 0 Å². The third-order valence-electron chi connectivity index (χ3n) is 5.30. The highest BCUT2D eigenvalue weighted by molar-refractivity contribution is 6.30. The van der Waals surface area contributed by atoms with Gasteiger partial charge < -0.3 is 0 Å². The summed E-state index contributed by atoms with van der Waals surface area (Å²) in [5, 5.41) is 3.48. The zero-order chi connectivity index (χ0) is 20.1. The van der Waals surface area contributed by atoms with Gasteiger partial charge in [-0.05, 0) is 36.5 Å². The molecule has 1 amide bonds. The molecule has 3 rings (SSSR count). The second kappa shape index (κ2) is 9.28. The maximum Gasteiger partial charge on any atom is 0.229 e. The molecule has 0 aliphatic heterocycles. The predicted octanol–water partition coefficient (Wildman–Crippen LogP) is 5.20. The van der Waals surface area contributed by atoms with Crippen LogP contribution in [-0.2, 0) is 11.2 Å². The Bertz CT molecular complexity index is 851. The molecule has 1 aliphatic carbocycles. The lowest BCUT2D eigenvalue weighted by Gasteiger charge is -2.23. The van der Waals surface area contributed by atoms with Crippen LogP contribution in [-0.4, -0.2) is 21.7 Å². The molecular weight excluding hydrogens is 374 g/mol. The fourth-order valence-electron chi connectivity index (χ4n) is 3.54. The number of halogens is 1. The van der Waals surface area contributed by atoms with Crippen molar-refractivity contribution in [2.45, 2.75) is 58.3 Å². The maximum absolute atomic E-state index is 12.5. The lowest BCUT2D eigenvalue weighted by atomic mass is 9.82. The Hall–Kier alpha value is -2.27. The number of ketones is 1. The third-order valence-corrected chi connectivity index (χ3v) is 5.56. The van der Waals surface area contributed by atoms with Crippen molar-refractivity contribution in [2.75, 3.05) is 5.32 Å². The first-order valence-corrected chi connectivity index (χ1v) is 10.3. The summed E-state index contributed by atoms with van der Waals surface area (Å²) in [5.41, 5.74) is 2.32. The molecule has 5 nitrogen and oxygen atoms in total. The Balaban J connectivity index is 1.71. The monoisotopic (exact) mass is 399 g/mol. The lowest BCUT2D eigenvalue weighted by molar-refractivity contribution is -0.119. The molecule has 0 unspecified atom stereocenters. The third kappa shape index (κ3) is 4.96. The zero-order valence-corrected chi connectivity index (χ0v) is 17.1. The van der Waals surface area contributed by atoms with Gasteiger partial charge in [-0.15, -0.1) is 0 Å². The van der Waals surface area contributed by atoms with Crippen LogP contribution in [0.2, 0.25) is 5.02 Å². The molecule has 0 saturated heterocycles. The van der Waals surface area contributed by atoms with Crippen molar-refractivity contribution in [2.24, 2.45) is 5.92 Å². The van der Waals surface area contributed by atoms with Crippen LogP contribution < -0.4 is 5.32 Å². The number of amides is 1. The van der Waals surface area contributed by atoms with Gasteiger partial charge in [-0.2, -0.15) is 0 Å². The Morgan fingerprint density at radius 3 is 2.71 bits per heavy atom. The van der Waals surface area contributed by atoms with Crippen molar-refractivity contribution in [1.29, 1.82) is 0 Å². The summed E-state index contributed by atoms with van der Waals surface area (Å²) >= 11 is 5.97. The summed E-state index contributed by atoms with van der Waals surface area (Å²) in [6, 6.07) is 7.57. The van der Waals surface area contributed by atoms with Gasteiger partial charge in [0, 0.05) is 23.6 Å². The van der Waals surface area contributed by atoms with Crippen molar-refractivity contribution in [3.8, 4) is 0 Å². The van der Waals surface area contributed by atoms with E-state index in [1.165, 1.54) is 0 Å². The molecular formula is C22H26ClN3O2.